The van der Waals surface area contributed by atoms with Crippen molar-refractivity contribution in [3.8, 4) is 0 Å². The SMILES string of the molecule is C=C(C)C(=O)OC(CCCC)N=C=O. The summed E-state index contributed by atoms with van der Waals surface area (Å²) >= 11 is 0. The number of hydrogen-bond donors (Lipinski definition) is 0. The molecule has 0 rings (SSSR count). The fourth-order valence-electron chi connectivity index (χ4n) is 0.812. The maximum Gasteiger partial charge on any atom is 0.335 e. The van der Waals surface area contributed by atoms with Crippen LogP contribution in [-0.2, 0) is 14.3 Å². The Bertz CT molecular complexity index is 254. The minimum Gasteiger partial charge on any atom is -0.436 e. The summed E-state index contributed by atoms with van der Waals surface area (Å²) in [5, 5.41) is 0. The third kappa shape index (κ3) is 5.27. The lowest BCUT2D eigenvalue weighted by Crippen LogP contribution is -2.16. The molecule has 0 aromatic carbocycles. The van der Waals surface area contributed by atoms with Crippen LogP contribution in [0.2, 0.25) is 0 Å². The van der Waals surface area contributed by atoms with Crippen LogP contribution in [0, 0.1) is 0 Å². The van der Waals surface area contributed by atoms with Crippen LogP contribution in [0.4, 0.5) is 0 Å². The number of ether oxygens (including phenoxy) is 1. The monoisotopic (exact) mass is 197 g/mol. The van der Waals surface area contributed by atoms with E-state index in [4.69, 9.17) is 4.74 Å². The van der Waals surface area contributed by atoms with E-state index in [9.17, 15) is 9.59 Å². The molecule has 0 N–H and O–H groups in total. The van der Waals surface area contributed by atoms with Crippen molar-refractivity contribution in [2.24, 2.45) is 4.99 Å². The second-order valence-corrected chi connectivity index (χ2v) is 3.00. The van der Waals surface area contributed by atoms with Crippen LogP contribution < -0.4 is 0 Å². The van der Waals surface area contributed by atoms with Gasteiger partial charge in [-0.05, 0) is 13.3 Å². The van der Waals surface area contributed by atoms with Gasteiger partial charge < -0.3 is 4.74 Å². The third-order valence-electron chi connectivity index (χ3n) is 1.59. The van der Waals surface area contributed by atoms with Crippen LogP contribution in [0.15, 0.2) is 17.1 Å². The van der Waals surface area contributed by atoms with Crippen molar-refractivity contribution in [3.05, 3.63) is 12.2 Å². The molecule has 1 unspecified atom stereocenters. The van der Waals surface area contributed by atoms with Crippen LogP contribution in [-0.4, -0.2) is 18.3 Å². The van der Waals surface area contributed by atoms with Crippen molar-refractivity contribution in [2.75, 3.05) is 0 Å². The van der Waals surface area contributed by atoms with Gasteiger partial charge in [0.05, 0.1) is 0 Å². The molecule has 78 valence electrons. The largest absolute Gasteiger partial charge is 0.436 e. The van der Waals surface area contributed by atoms with Crippen LogP contribution in [0.3, 0.4) is 0 Å². The zero-order valence-electron chi connectivity index (χ0n) is 8.58. The Morgan fingerprint density at radius 3 is 2.71 bits per heavy atom. The number of hydrogen-bond acceptors (Lipinski definition) is 4. The van der Waals surface area contributed by atoms with E-state index in [0.717, 1.165) is 12.8 Å². The van der Waals surface area contributed by atoms with Gasteiger partial charge in [0.25, 0.3) is 0 Å². The van der Waals surface area contributed by atoms with Crippen LogP contribution >= 0.6 is 0 Å². The first-order valence-electron chi connectivity index (χ1n) is 4.55. The first kappa shape index (κ1) is 12.6. The molecule has 0 saturated heterocycles. The van der Waals surface area contributed by atoms with Gasteiger partial charge in [-0.2, -0.15) is 4.99 Å². The molecule has 14 heavy (non-hydrogen) atoms. The number of aliphatic imine (C=N–C) groups is 1. The van der Waals surface area contributed by atoms with Gasteiger partial charge in [-0.1, -0.05) is 19.9 Å². The highest BCUT2D eigenvalue weighted by Crippen LogP contribution is 2.07. The highest BCUT2D eigenvalue weighted by Gasteiger charge is 2.12. The van der Waals surface area contributed by atoms with Crippen LogP contribution in [0.1, 0.15) is 33.1 Å². The number of esters is 1. The Balaban J connectivity index is 4.15. The third-order valence-corrected chi connectivity index (χ3v) is 1.59. The van der Waals surface area contributed by atoms with Gasteiger partial charge in [-0.3, -0.25) is 0 Å². The summed E-state index contributed by atoms with van der Waals surface area (Å²) in [6.07, 6.45) is 3.02. The number of rotatable bonds is 6. The molecule has 1 atom stereocenters. The molecule has 0 fully saturated rings. The van der Waals surface area contributed by atoms with E-state index >= 15 is 0 Å². The van der Waals surface area contributed by atoms with Gasteiger partial charge in [0.15, 0.2) is 0 Å². The van der Waals surface area contributed by atoms with Crippen molar-refractivity contribution < 1.29 is 14.3 Å². The average Bonchev–Trinajstić information content (AvgIpc) is 2.14. The van der Waals surface area contributed by atoms with E-state index in [1.807, 2.05) is 6.92 Å². The van der Waals surface area contributed by atoms with E-state index in [2.05, 4.69) is 11.6 Å². The van der Waals surface area contributed by atoms with E-state index < -0.39 is 12.2 Å². The van der Waals surface area contributed by atoms with Crippen molar-refractivity contribution in [1.82, 2.24) is 0 Å². The lowest BCUT2D eigenvalue weighted by atomic mass is 10.2. The maximum absolute atomic E-state index is 11.1. The summed E-state index contributed by atoms with van der Waals surface area (Å²) in [4.78, 5) is 24.5. The molecule has 0 radical (unpaired) electrons. The summed E-state index contributed by atoms with van der Waals surface area (Å²) in [7, 11) is 0. The molecule has 0 amide bonds. The zero-order chi connectivity index (χ0) is 11.0. The van der Waals surface area contributed by atoms with Gasteiger partial charge in [-0.25, -0.2) is 9.59 Å². The lowest BCUT2D eigenvalue weighted by Gasteiger charge is -2.11. The second-order valence-electron chi connectivity index (χ2n) is 3.00. The van der Waals surface area contributed by atoms with Crippen molar-refractivity contribution in [2.45, 2.75) is 39.3 Å². The zero-order valence-corrected chi connectivity index (χ0v) is 8.58. The predicted molar refractivity (Wildman–Crippen MR) is 52.3 cm³/mol. The Labute approximate surface area is 83.7 Å². The summed E-state index contributed by atoms with van der Waals surface area (Å²) in [5.41, 5.74) is 0.299. The van der Waals surface area contributed by atoms with Crippen LogP contribution in [0.5, 0.6) is 0 Å². The quantitative estimate of drug-likeness (QED) is 0.283. The van der Waals surface area contributed by atoms with E-state index in [0.29, 0.717) is 12.0 Å². The first-order valence-corrected chi connectivity index (χ1v) is 4.55. The van der Waals surface area contributed by atoms with Crippen molar-refractivity contribution in [1.29, 1.82) is 0 Å². The lowest BCUT2D eigenvalue weighted by molar-refractivity contribution is -0.144. The van der Waals surface area contributed by atoms with Gasteiger partial charge >= 0.3 is 5.97 Å². The molecule has 4 heteroatoms. The minimum absolute atomic E-state index is 0.299. The molecule has 0 aliphatic rings. The Hall–Kier alpha value is -1.41. The van der Waals surface area contributed by atoms with Gasteiger partial charge in [-0.15, -0.1) is 0 Å². The molecular weight excluding hydrogens is 182 g/mol. The normalized spacial score (nSPS) is 11.3. The average molecular weight is 197 g/mol. The summed E-state index contributed by atoms with van der Waals surface area (Å²) in [6, 6.07) is 0. The number of nitrogens with zero attached hydrogens (tertiary/aromatic N) is 1. The number of carbonyl (C=O) groups is 1. The van der Waals surface area contributed by atoms with Crippen molar-refractivity contribution >= 4 is 12.0 Å². The first-order chi connectivity index (χ1) is 6.61. The molecule has 0 heterocycles. The molecule has 0 aliphatic heterocycles. The topological polar surface area (TPSA) is 55.7 Å². The molecule has 0 saturated carbocycles. The van der Waals surface area contributed by atoms with E-state index in [1.54, 1.807) is 6.92 Å². The van der Waals surface area contributed by atoms with E-state index in [-0.39, 0.29) is 0 Å². The number of isocyanates is 1. The van der Waals surface area contributed by atoms with Gasteiger partial charge in [0.1, 0.15) is 0 Å². The molecular formula is C10H15NO3. The predicted octanol–water partition coefficient (Wildman–Crippen LogP) is 1.96. The number of unbranched alkanes of at least 4 members (excludes halogenated alkanes) is 1. The Kier molecular flexibility index (Phi) is 6.33. The summed E-state index contributed by atoms with van der Waals surface area (Å²) in [5.74, 6) is -0.523. The molecule has 0 aromatic rings. The minimum atomic E-state index is -0.711. The van der Waals surface area contributed by atoms with Crippen LogP contribution in [0.25, 0.3) is 0 Å². The Morgan fingerprint density at radius 2 is 2.29 bits per heavy atom. The molecule has 0 spiro atoms. The fourth-order valence-corrected chi connectivity index (χ4v) is 0.812. The van der Waals surface area contributed by atoms with Crippen molar-refractivity contribution in [3.63, 3.8) is 0 Å². The van der Waals surface area contributed by atoms with Gasteiger partial charge in [0.2, 0.25) is 12.3 Å². The highest BCUT2D eigenvalue weighted by atomic mass is 16.6. The van der Waals surface area contributed by atoms with E-state index in [1.165, 1.54) is 6.08 Å². The standard InChI is InChI=1S/C10H15NO3/c1-4-5-6-9(11-7-12)14-10(13)8(2)3/h9H,2,4-6H2,1,3H3. The molecule has 0 aliphatic carbocycles. The maximum atomic E-state index is 11.1. The summed E-state index contributed by atoms with van der Waals surface area (Å²) < 4.78 is 4.89. The smallest absolute Gasteiger partial charge is 0.335 e. The Morgan fingerprint density at radius 1 is 1.64 bits per heavy atom. The number of carbonyl (C=O) groups excluding carboxylic acids is 2. The second kappa shape index (κ2) is 7.04. The molecule has 4 nitrogen and oxygen atoms in total. The molecule has 0 aromatic heterocycles. The van der Waals surface area contributed by atoms with Gasteiger partial charge in [0, 0.05) is 12.0 Å². The fraction of sp³-hybridized carbons (Fsp3) is 0.600. The summed E-state index contributed by atoms with van der Waals surface area (Å²) in [6.45, 7) is 6.98. The molecule has 0 bridgehead atoms. The highest BCUT2D eigenvalue weighted by molar-refractivity contribution is 5.87.